The number of carbonyl (C=O) groups excluding carboxylic acids is 2. The van der Waals surface area contributed by atoms with Crippen LogP contribution in [0.3, 0.4) is 0 Å². The maximum Gasteiger partial charge on any atom is 0.243 e. The van der Waals surface area contributed by atoms with Gasteiger partial charge in [-0.05, 0) is 44.4 Å². The van der Waals surface area contributed by atoms with Crippen LogP contribution in [-0.2, 0) is 22.6 Å². The maximum absolute atomic E-state index is 13.2. The smallest absolute Gasteiger partial charge is 0.243 e. The zero-order chi connectivity index (χ0) is 20.7. The fraction of sp³-hybridized carbons (Fsp3) is 0.391. The van der Waals surface area contributed by atoms with E-state index in [1.807, 2.05) is 76.2 Å². The van der Waals surface area contributed by atoms with Crippen molar-refractivity contribution >= 4 is 23.4 Å². The summed E-state index contributed by atoms with van der Waals surface area (Å²) in [6, 6.07) is 16.5. The lowest BCUT2D eigenvalue weighted by Crippen LogP contribution is -2.53. The van der Waals surface area contributed by atoms with Gasteiger partial charge in [-0.2, -0.15) is 0 Å². The number of carbonyl (C=O) groups is 2. The quantitative estimate of drug-likeness (QED) is 0.738. The predicted molar refractivity (Wildman–Crippen MR) is 114 cm³/mol. The van der Waals surface area contributed by atoms with Crippen molar-refractivity contribution < 1.29 is 9.59 Å². The molecule has 0 spiro atoms. The molecule has 150 valence electrons. The highest BCUT2D eigenvalue weighted by Gasteiger charge is 2.30. The molecule has 0 unspecified atom stereocenters. The predicted octanol–water partition coefficient (Wildman–Crippen LogP) is 4.60. The molecule has 0 saturated carbocycles. The topological polar surface area (TPSA) is 49.4 Å². The first-order valence-electron chi connectivity index (χ1n) is 9.60. The number of halogens is 1. The fourth-order valence-electron chi connectivity index (χ4n) is 3.06. The van der Waals surface area contributed by atoms with E-state index in [-0.39, 0.29) is 23.8 Å². The number of amides is 2. The summed E-state index contributed by atoms with van der Waals surface area (Å²) >= 11 is 6.25. The van der Waals surface area contributed by atoms with Crippen LogP contribution < -0.4 is 5.32 Å². The third-order valence-electron chi connectivity index (χ3n) is 4.38. The van der Waals surface area contributed by atoms with Crippen molar-refractivity contribution in [3.8, 4) is 0 Å². The Balaban J connectivity index is 2.30. The molecule has 1 atom stereocenters. The molecule has 1 N–H and O–H groups in total. The third-order valence-corrected chi connectivity index (χ3v) is 4.75. The largest absolute Gasteiger partial charge is 0.350 e. The lowest BCUT2D eigenvalue weighted by atomic mass is 10.0. The average Bonchev–Trinajstić information content (AvgIpc) is 2.62. The van der Waals surface area contributed by atoms with Gasteiger partial charge in [0, 0.05) is 17.1 Å². The van der Waals surface area contributed by atoms with Crippen LogP contribution in [0.25, 0.3) is 0 Å². The second kappa shape index (κ2) is 9.74. The summed E-state index contributed by atoms with van der Waals surface area (Å²) < 4.78 is 0. The maximum atomic E-state index is 13.2. The van der Waals surface area contributed by atoms with Crippen molar-refractivity contribution in [2.45, 2.75) is 58.7 Å². The van der Waals surface area contributed by atoms with Crippen molar-refractivity contribution in [3.63, 3.8) is 0 Å². The van der Waals surface area contributed by atoms with E-state index in [0.717, 1.165) is 11.1 Å². The molecule has 0 aliphatic carbocycles. The van der Waals surface area contributed by atoms with E-state index in [9.17, 15) is 9.59 Å². The normalized spacial score (nSPS) is 12.3. The third kappa shape index (κ3) is 6.38. The molecule has 0 saturated heterocycles. The van der Waals surface area contributed by atoms with E-state index >= 15 is 0 Å². The molecule has 2 aromatic rings. The van der Waals surface area contributed by atoms with Crippen molar-refractivity contribution in [1.82, 2.24) is 10.2 Å². The molecule has 0 radical (unpaired) electrons. The number of nitrogens with zero attached hydrogens (tertiary/aromatic N) is 1. The molecule has 0 aromatic heterocycles. The Kier molecular flexibility index (Phi) is 7.64. The van der Waals surface area contributed by atoms with Gasteiger partial charge in [-0.3, -0.25) is 9.59 Å². The average molecular weight is 401 g/mol. The molecular weight excluding hydrogens is 372 g/mol. The zero-order valence-electron chi connectivity index (χ0n) is 17.0. The van der Waals surface area contributed by atoms with Gasteiger partial charge in [-0.25, -0.2) is 0 Å². The van der Waals surface area contributed by atoms with E-state index in [1.54, 1.807) is 11.0 Å². The molecule has 4 nitrogen and oxygen atoms in total. The van der Waals surface area contributed by atoms with Crippen LogP contribution in [-0.4, -0.2) is 28.3 Å². The van der Waals surface area contributed by atoms with E-state index in [1.165, 1.54) is 0 Å². The Bertz CT molecular complexity index is 800. The first-order valence-corrected chi connectivity index (χ1v) is 9.98. The van der Waals surface area contributed by atoms with E-state index in [2.05, 4.69) is 5.32 Å². The van der Waals surface area contributed by atoms with E-state index < -0.39 is 6.04 Å². The van der Waals surface area contributed by atoms with Gasteiger partial charge in [0.2, 0.25) is 11.8 Å². The Hall–Kier alpha value is -2.33. The molecule has 0 bridgehead atoms. The van der Waals surface area contributed by atoms with E-state index in [0.29, 0.717) is 18.0 Å². The second-order valence-electron chi connectivity index (χ2n) is 7.94. The molecule has 5 heteroatoms. The van der Waals surface area contributed by atoms with Crippen molar-refractivity contribution in [3.05, 3.63) is 70.7 Å². The highest BCUT2D eigenvalue weighted by atomic mass is 35.5. The van der Waals surface area contributed by atoms with Gasteiger partial charge in [0.05, 0.1) is 6.42 Å². The summed E-state index contributed by atoms with van der Waals surface area (Å²) in [6.45, 7) is 8.11. The molecule has 2 amide bonds. The van der Waals surface area contributed by atoms with Gasteiger partial charge in [0.15, 0.2) is 0 Å². The minimum atomic E-state index is -0.547. The first kappa shape index (κ1) is 22.0. The van der Waals surface area contributed by atoms with Crippen LogP contribution >= 0.6 is 11.6 Å². The van der Waals surface area contributed by atoms with Crippen LogP contribution in [0.2, 0.25) is 5.02 Å². The Morgan fingerprint density at radius 1 is 1.04 bits per heavy atom. The molecule has 2 rings (SSSR count). The van der Waals surface area contributed by atoms with Gasteiger partial charge >= 0.3 is 0 Å². The summed E-state index contributed by atoms with van der Waals surface area (Å²) in [4.78, 5) is 27.8. The minimum absolute atomic E-state index is 0.118. The number of benzene rings is 2. The molecular formula is C23H29ClN2O2. The van der Waals surface area contributed by atoms with Crippen LogP contribution in [0.15, 0.2) is 54.6 Å². The Morgan fingerprint density at radius 3 is 2.21 bits per heavy atom. The molecule has 0 aliphatic heterocycles. The van der Waals surface area contributed by atoms with Gasteiger partial charge < -0.3 is 10.2 Å². The Morgan fingerprint density at radius 2 is 1.64 bits per heavy atom. The molecule has 2 aromatic carbocycles. The monoisotopic (exact) mass is 400 g/mol. The van der Waals surface area contributed by atoms with E-state index in [4.69, 9.17) is 11.6 Å². The Labute approximate surface area is 172 Å². The van der Waals surface area contributed by atoms with Crippen LogP contribution in [0.4, 0.5) is 0 Å². The number of nitrogens with one attached hydrogen (secondary N) is 1. The first-order chi connectivity index (χ1) is 13.2. The molecule has 0 fully saturated rings. The highest BCUT2D eigenvalue weighted by molar-refractivity contribution is 6.31. The van der Waals surface area contributed by atoms with Gasteiger partial charge in [-0.1, -0.05) is 67.1 Å². The van der Waals surface area contributed by atoms with Gasteiger partial charge in [0.1, 0.15) is 6.04 Å². The van der Waals surface area contributed by atoms with Crippen LogP contribution in [0, 0.1) is 0 Å². The highest BCUT2D eigenvalue weighted by Crippen LogP contribution is 2.19. The van der Waals surface area contributed by atoms with Crippen LogP contribution in [0.5, 0.6) is 0 Å². The number of hydrogen-bond donors (Lipinski definition) is 1. The van der Waals surface area contributed by atoms with Crippen molar-refractivity contribution in [2.24, 2.45) is 0 Å². The van der Waals surface area contributed by atoms with Crippen molar-refractivity contribution in [2.75, 3.05) is 0 Å². The minimum Gasteiger partial charge on any atom is -0.350 e. The summed E-state index contributed by atoms with van der Waals surface area (Å²) in [7, 11) is 0. The standard InChI is InChI=1S/C23H29ClN2O2/c1-5-20(22(28)25-23(2,3)4)26(16-17-11-7-6-8-12-17)21(27)15-18-13-9-10-14-19(18)24/h6-14,20H,5,15-16H2,1-4H3,(H,25,28)/t20-/m1/s1. The molecule has 28 heavy (non-hydrogen) atoms. The summed E-state index contributed by atoms with van der Waals surface area (Å²) in [5.41, 5.74) is 1.38. The second-order valence-corrected chi connectivity index (χ2v) is 8.35. The molecule has 0 heterocycles. The lowest BCUT2D eigenvalue weighted by Gasteiger charge is -2.33. The SMILES string of the molecule is CC[C@H](C(=O)NC(C)(C)C)N(Cc1ccccc1)C(=O)Cc1ccccc1Cl. The number of hydrogen-bond acceptors (Lipinski definition) is 2. The van der Waals surface area contributed by atoms with Gasteiger partial charge in [0.25, 0.3) is 0 Å². The summed E-state index contributed by atoms with van der Waals surface area (Å²) in [5, 5.41) is 3.57. The van der Waals surface area contributed by atoms with Crippen LogP contribution in [0.1, 0.15) is 45.2 Å². The molecule has 0 aliphatic rings. The summed E-state index contributed by atoms with van der Waals surface area (Å²) in [6.07, 6.45) is 0.689. The van der Waals surface area contributed by atoms with Crippen molar-refractivity contribution in [1.29, 1.82) is 0 Å². The fourth-order valence-corrected chi connectivity index (χ4v) is 3.26. The zero-order valence-corrected chi connectivity index (χ0v) is 17.8. The number of rotatable bonds is 7. The lowest BCUT2D eigenvalue weighted by molar-refractivity contribution is -0.141. The van der Waals surface area contributed by atoms with Gasteiger partial charge in [-0.15, -0.1) is 0 Å². The summed E-state index contributed by atoms with van der Waals surface area (Å²) in [5.74, 6) is -0.258.